The van der Waals surface area contributed by atoms with E-state index in [1.54, 1.807) is 31.0 Å². The molecule has 1 fully saturated rings. The van der Waals surface area contributed by atoms with Crippen LogP contribution in [0.1, 0.15) is 36.2 Å². The SMILES string of the molecule is C=CC(=C)N1CC/C(=C\n2nc(C#Cc3cc(OC)cc(OC)c3)c(C(C)N)c2N)C1. The Labute approximate surface area is 183 Å². The number of aromatic nitrogens is 2. The molecule has 7 nitrogen and oxygen atoms in total. The van der Waals surface area contributed by atoms with E-state index in [0.717, 1.165) is 36.3 Å². The van der Waals surface area contributed by atoms with Gasteiger partial charge in [0, 0.05) is 48.2 Å². The third kappa shape index (κ3) is 4.93. The number of hydrogen-bond acceptors (Lipinski definition) is 6. The number of methoxy groups -OCH3 is 2. The van der Waals surface area contributed by atoms with Crippen molar-refractivity contribution in [2.45, 2.75) is 19.4 Å². The molecule has 0 radical (unpaired) electrons. The van der Waals surface area contributed by atoms with Gasteiger partial charge in [-0.3, -0.25) is 0 Å². The third-order valence-electron chi connectivity index (χ3n) is 5.16. The summed E-state index contributed by atoms with van der Waals surface area (Å²) in [5.74, 6) is 8.06. The van der Waals surface area contributed by atoms with Crippen LogP contribution in [0.2, 0.25) is 0 Å². The van der Waals surface area contributed by atoms with Crippen molar-refractivity contribution in [3.63, 3.8) is 0 Å². The normalized spacial score (nSPS) is 15.4. The Morgan fingerprint density at radius 1 is 1.23 bits per heavy atom. The van der Waals surface area contributed by atoms with Crippen molar-refractivity contribution < 1.29 is 9.47 Å². The maximum atomic E-state index is 6.38. The Balaban J connectivity index is 1.95. The van der Waals surface area contributed by atoms with Crippen LogP contribution in [-0.4, -0.2) is 42.0 Å². The van der Waals surface area contributed by atoms with Crippen LogP contribution in [0.25, 0.3) is 6.20 Å². The van der Waals surface area contributed by atoms with Gasteiger partial charge in [0.05, 0.1) is 14.2 Å². The first kappa shape index (κ1) is 22.1. The van der Waals surface area contributed by atoms with Gasteiger partial charge in [-0.2, -0.15) is 5.10 Å². The highest BCUT2D eigenvalue weighted by atomic mass is 16.5. The zero-order chi connectivity index (χ0) is 22.5. The predicted octanol–water partition coefficient (Wildman–Crippen LogP) is 3.15. The standard InChI is InChI=1S/C24H29N5O2/c1-6-16(2)28-10-9-19(14-28)15-29-24(26)23(17(3)25)22(27-29)8-7-18-11-20(30-4)13-21(12-18)31-5/h6,11-13,15,17H,1-2,9-10,14,25-26H2,3-5H3/b19-15+. The Hall–Kier alpha value is -3.63. The molecule has 7 heteroatoms. The molecule has 0 saturated carbocycles. The van der Waals surface area contributed by atoms with Gasteiger partial charge in [0.2, 0.25) is 0 Å². The summed E-state index contributed by atoms with van der Waals surface area (Å²) in [6.45, 7) is 11.3. The summed E-state index contributed by atoms with van der Waals surface area (Å²) in [7, 11) is 3.20. The highest BCUT2D eigenvalue weighted by Crippen LogP contribution is 2.26. The summed E-state index contributed by atoms with van der Waals surface area (Å²) in [6, 6.07) is 5.16. The van der Waals surface area contributed by atoms with E-state index in [2.05, 4.69) is 35.0 Å². The number of hydrogen-bond donors (Lipinski definition) is 2. The maximum Gasteiger partial charge on any atom is 0.143 e. The number of rotatable bonds is 6. The van der Waals surface area contributed by atoms with E-state index in [1.165, 1.54) is 5.57 Å². The summed E-state index contributed by atoms with van der Waals surface area (Å²) in [4.78, 5) is 2.17. The summed E-state index contributed by atoms with van der Waals surface area (Å²) in [6.07, 6.45) is 4.63. The lowest BCUT2D eigenvalue weighted by Gasteiger charge is -2.16. The van der Waals surface area contributed by atoms with Crippen LogP contribution < -0.4 is 20.9 Å². The minimum absolute atomic E-state index is 0.308. The molecule has 1 aliphatic rings. The van der Waals surface area contributed by atoms with Crippen LogP contribution in [0.5, 0.6) is 11.5 Å². The molecule has 1 aliphatic heterocycles. The summed E-state index contributed by atoms with van der Waals surface area (Å²) in [5, 5.41) is 4.62. The van der Waals surface area contributed by atoms with E-state index >= 15 is 0 Å². The largest absolute Gasteiger partial charge is 0.497 e. The first-order valence-electron chi connectivity index (χ1n) is 10.0. The highest BCUT2D eigenvalue weighted by molar-refractivity contribution is 5.58. The molecular weight excluding hydrogens is 390 g/mol. The molecule has 0 bridgehead atoms. The molecule has 1 aromatic heterocycles. The van der Waals surface area contributed by atoms with E-state index in [-0.39, 0.29) is 6.04 Å². The number of nitrogens with two attached hydrogens (primary N) is 2. The zero-order valence-corrected chi connectivity index (χ0v) is 18.3. The number of likely N-dealkylation sites (tertiary alicyclic amines) is 1. The Morgan fingerprint density at radius 2 is 1.90 bits per heavy atom. The molecule has 0 amide bonds. The van der Waals surface area contributed by atoms with Crippen molar-refractivity contribution in [2.24, 2.45) is 5.73 Å². The van der Waals surface area contributed by atoms with Crippen LogP contribution in [-0.2, 0) is 0 Å². The average Bonchev–Trinajstić information content (AvgIpc) is 3.36. The van der Waals surface area contributed by atoms with Gasteiger partial charge in [0.25, 0.3) is 0 Å². The van der Waals surface area contributed by atoms with Gasteiger partial charge in [0.15, 0.2) is 0 Å². The fraction of sp³-hybridized carbons (Fsp3) is 0.292. The smallest absolute Gasteiger partial charge is 0.143 e. The Kier molecular flexibility index (Phi) is 6.73. The second-order valence-corrected chi connectivity index (χ2v) is 7.39. The van der Waals surface area contributed by atoms with Crippen molar-refractivity contribution in [2.75, 3.05) is 33.0 Å². The van der Waals surface area contributed by atoms with Gasteiger partial charge in [-0.15, -0.1) is 0 Å². The van der Waals surface area contributed by atoms with Gasteiger partial charge >= 0.3 is 0 Å². The van der Waals surface area contributed by atoms with Crippen LogP contribution in [0.15, 0.2) is 48.7 Å². The third-order valence-corrected chi connectivity index (χ3v) is 5.16. The maximum absolute atomic E-state index is 6.38. The van der Waals surface area contributed by atoms with Gasteiger partial charge in [-0.05, 0) is 43.0 Å². The molecular formula is C24H29N5O2. The average molecular weight is 420 g/mol. The topological polar surface area (TPSA) is 91.6 Å². The summed E-state index contributed by atoms with van der Waals surface area (Å²) >= 11 is 0. The molecule has 0 spiro atoms. The lowest BCUT2D eigenvalue weighted by molar-refractivity contribution is 0.394. The van der Waals surface area contributed by atoms with Crippen molar-refractivity contribution in [1.82, 2.24) is 14.7 Å². The number of ether oxygens (including phenoxy) is 2. The second-order valence-electron chi connectivity index (χ2n) is 7.39. The van der Waals surface area contributed by atoms with Crippen LogP contribution in [0.4, 0.5) is 5.82 Å². The monoisotopic (exact) mass is 419 g/mol. The molecule has 0 aliphatic carbocycles. The van der Waals surface area contributed by atoms with Crippen molar-refractivity contribution >= 4 is 12.0 Å². The molecule has 1 atom stereocenters. The number of allylic oxidation sites excluding steroid dienone is 1. The molecule has 162 valence electrons. The lowest BCUT2D eigenvalue weighted by Crippen LogP contribution is -2.16. The molecule has 2 aromatic rings. The number of nitrogen functional groups attached to an aromatic ring is 1. The van der Waals surface area contributed by atoms with E-state index in [0.29, 0.717) is 23.0 Å². The van der Waals surface area contributed by atoms with Crippen molar-refractivity contribution in [3.05, 3.63) is 65.5 Å². The minimum atomic E-state index is -0.308. The van der Waals surface area contributed by atoms with Gasteiger partial charge < -0.3 is 25.8 Å². The van der Waals surface area contributed by atoms with Crippen molar-refractivity contribution in [1.29, 1.82) is 0 Å². The van der Waals surface area contributed by atoms with Crippen LogP contribution in [0.3, 0.4) is 0 Å². The van der Waals surface area contributed by atoms with Crippen LogP contribution >= 0.6 is 0 Å². The Bertz CT molecular complexity index is 1060. The van der Waals surface area contributed by atoms with Crippen molar-refractivity contribution in [3.8, 4) is 23.3 Å². The highest BCUT2D eigenvalue weighted by Gasteiger charge is 2.20. The second kappa shape index (κ2) is 9.45. The van der Waals surface area contributed by atoms with E-state index in [9.17, 15) is 0 Å². The quantitative estimate of drug-likeness (QED) is 0.552. The first-order chi connectivity index (χ1) is 14.9. The fourth-order valence-corrected chi connectivity index (χ4v) is 3.45. The predicted molar refractivity (Wildman–Crippen MR) is 125 cm³/mol. The van der Waals surface area contributed by atoms with E-state index in [1.807, 2.05) is 25.3 Å². The molecule has 4 N–H and O–H groups in total. The van der Waals surface area contributed by atoms with E-state index in [4.69, 9.17) is 20.9 Å². The molecule has 31 heavy (non-hydrogen) atoms. The molecule has 1 aromatic carbocycles. The van der Waals surface area contributed by atoms with E-state index < -0.39 is 0 Å². The number of nitrogens with zero attached hydrogens (tertiary/aromatic N) is 3. The minimum Gasteiger partial charge on any atom is -0.497 e. The fourth-order valence-electron chi connectivity index (χ4n) is 3.45. The zero-order valence-electron chi connectivity index (χ0n) is 18.3. The Morgan fingerprint density at radius 3 is 2.48 bits per heavy atom. The molecule has 1 saturated heterocycles. The molecule has 1 unspecified atom stereocenters. The first-order valence-corrected chi connectivity index (χ1v) is 10.0. The summed E-state index contributed by atoms with van der Waals surface area (Å²) in [5.41, 5.74) is 16.7. The lowest BCUT2D eigenvalue weighted by atomic mass is 10.1. The number of anilines is 1. The van der Waals surface area contributed by atoms with Gasteiger partial charge in [-0.25, -0.2) is 4.68 Å². The van der Waals surface area contributed by atoms with Crippen LogP contribution in [0, 0.1) is 11.8 Å². The number of benzene rings is 1. The van der Waals surface area contributed by atoms with Gasteiger partial charge in [0.1, 0.15) is 23.0 Å². The molecule has 3 rings (SSSR count). The molecule has 2 heterocycles. The van der Waals surface area contributed by atoms with Gasteiger partial charge in [-0.1, -0.05) is 19.1 Å². The summed E-state index contributed by atoms with van der Waals surface area (Å²) < 4.78 is 12.3.